The van der Waals surface area contributed by atoms with Crippen molar-refractivity contribution < 1.29 is 14.3 Å². The zero-order valence-electron chi connectivity index (χ0n) is 14.2. The second-order valence-corrected chi connectivity index (χ2v) is 7.16. The molecule has 0 aliphatic carbocycles. The van der Waals surface area contributed by atoms with Gasteiger partial charge in [0.2, 0.25) is 5.91 Å². The van der Waals surface area contributed by atoms with Crippen molar-refractivity contribution in [1.82, 2.24) is 4.90 Å². The number of aryl methyl sites for hydroxylation is 1. The SMILES string of the molecule is CC1COCCN1C(=O)c1ccc(NC(=O)CCc2cccs2)cc1. The molecule has 2 heterocycles. The van der Waals surface area contributed by atoms with E-state index in [1.807, 2.05) is 29.3 Å². The highest BCUT2D eigenvalue weighted by Crippen LogP contribution is 2.16. The van der Waals surface area contributed by atoms with Crippen molar-refractivity contribution in [1.29, 1.82) is 0 Å². The van der Waals surface area contributed by atoms with E-state index in [0.29, 0.717) is 37.4 Å². The number of anilines is 1. The molecule has 1 aliphatic rings. The molecule has 5 nitrogen and oxygen atoms in total. The van der Waals surface area contributed by atoms with Gasteiger partial charge < -0.3 is 15.0 Å². The molecular formula is C19H22N2O3S. The summed E-state index contributed by atoms with van der Waals surface area (Å²) in [6.45, 7) is 3.75. The maximum Gasteiger partial charge on any atom is 0.254 e. The summed E-state index contributed by atoms with van der Waals surface area (Å²) in [5, 5.41) is 4.89. The van der Waals surface area contributed by atoms with Crippen LogP contribution in [0.4, 0.5) is 5.69 Å². The Morgan fingerprint density at radius 1 is 1.28 bits per heavy atom. The Bertz CT molecular complexity index is 713. The second-order valence-electron chi connectivity index (χ2n) is 6.13. The average molecular weight is 358 g/mol. The molecule has 6 heteroatoms. The highest BCUT2D eigenvalue weighted by Gasteiger charge is 2.24. The summed E-state index contributed by atoms with van der Waals surface area (Å²) in [6, 6.07) is 11.2. The van der Waals surface area contributed by atoms with Crippen molar-refractivity contribution in [2.75, 3.05) is 25.1 Å². The Morgan fingerprint density at radius 2 is 2.08 bits per heavy atom. The lowest BCUT2D eigenvalue weighted by molar-refractivity contribution is -0.116. The fourth-order valence-electron chi connectivity index (χ4n) is 2.81. The number of benzene rings is 1. The summed E-state index contributed by atoms with van der Waals surface area (Å²) in [4.78, 5) is 27.6. The van der Waals surface area contributed by atoms with Crippen LogP contribution in [0.5, 0.6) is 0 Å². The summed E-state index contributed by atoms with van der Waals surface area (Å²) in [5.41, 5.74) is 1.34. The molecule has 132 valence electrons. The Morgan fingerprint density at radius 3 is 2.76 bits per heavy atom. The first-order chi connectivity index (χ1) is 12.1. The number of nitrogens with one attached hydrogen (secondary N) is 1. The van der Waals surface area contributed by atoms with Gasteiger partial charge in [-0.1, -0.05) is 6.07 Å². The Balaban J connectivity index is 1.54. The molecule has 1 unspecified atom stereocenters. The van der Waals surface area contributed by atoms with Gasteiger partial charge in [0.25, 0.3) is 5.91 Å². The largest absolute Gasteiger partial charge is 0.377 e. The number of ether oxygens (including phenoxy) is 1. The van der Waals surface area contributed by atoms with Crippen molar-refractivity contribution in [2.24, 2.45) is 0 Å². The molecular weight excluding hydrogens is 336 g/mol. The molecule has 25 heavy (non-hydrogen) atoms. The second kappa shape index (κ2) is 8.27. The highest BCUT2D eigenvalue weighted by molar-refractivity contribution is 7.09. The first-order valence-corrected chi connectivity index (χ1v) is 9.32. The molecule has 1 aromatic carbocycles. The standard InChI is InChI=1S/C19H22N2O3S/c1-14-13-24-11-10-21(14)19(23)15-4-6-16(7-5-15)20-18(22)9-8-17-3-2-12-25-17/h2-7,12,14H,8-11,13H2,1H3,(H,20,22). The van der Waals surface area contributed by atoms with Gasteiger partial charge in [0, 0.05) is 29.1 Å². The van der Waals surface area contributed by atoms with E-state index in [9.17, 15) is 9.59 Å². The average Bonchev–Trinajstić information content (AvgIpc) is 3.14. The third-order valence-corrected chi connectivity index (χ3v) is 5.16. The molecule has 0 bridgehead atoms. The van der Waals surface area contributed by atoms with Gasteiger partial charge in [-0.15, -0.1) is 11.3 Å². The Hall–Kier alpha value is -2.18. The summed E-state index contributed by atoms with van der Waals surface area (Å²) in [6.07, 6.45) is 1.20. The number of carbonyl (C=O) groups is 2. The summed E-state index contributed by atoms with van der Waals surface area (Å²) < 4.78 is 5.37. The number of morpholine rings is 1. The van der Waals surface area contributed by atoms with Gasteiger partial charge in [-0.05, 0) is 49.1 Å². The fraction of sp³-hybridized carbons (Fsp3) is 0.368. The Labute approximate surface area is 151 Å². The topological polar surface area (TPSA) is 58.6 Å². The van der Waals surface area contributed by atoms with Crippen LogP contribution in [-0.2, 0) is 16.0 Å². The van der Waals surface area contributed by atoms with E-state index in [0.717, 1.165) is 6.42 Å². The predicted octanol–water partition coefficient (Wildman–Crippen LogP) is 3.18. The normalized spacial score (nSPS) is 17.3. The minimum atomic E-state index is -0.0192. The van der Waals surface area contributed by atoms with Crippen molar-refractivity contribution >= 4 is 28.8 Å². The van der Waals surface area contributed by atoms with Gasteiger partial charge in [-0.2, -0.15) is 0 Å². The first-order valence-electron chi connectivity index (χ1n) is 8.44. The molecule has 0 spiro atoms. The van der Waals surface area contributed by atoms with Crippen LogP contribution in [0.3, 0.4) is 0 Å². The van der Waals surface area contributed by atoms with E-state index in [1.165, 1.54) is 4.88 Å². The van der Waals surface area contributed by atoms with Crippen molar-refractivity contribution in [3.05, 3.63) is 52.2 Å². The molecule has 1 aliphatic heterocycles. The molecule has 0 saturated carbocycles. The molecule has 1 aromatic heterocycles. The van der Waals surface area contributed by atoms with Crippen LogP contribution in [0.2, 0.25) is 0 Å². The van der Waals surface area contributed by atoms with Gasteiger partial charge in [0.15, 0.2) is 0 Å². The number of amides is 2. The minimum Gasteiger partial charge on any atom is -0.377 e. The lowest BCUT2D eigenvalue weighted by atomic mass is 10.1. The van der Waals surface area contributed by atoms with Crippen molar-refractivity contribution in [2.45, 2.75) is 25.8 Å². The molecule has 0 radical (unpaired) electrons. The summed E-state index contributed by atoms with van der Waals surface area (Å²) >= 11 is 1.66. The molecule has 1 fully saturated rings. The number of hydrogen-bond acceptors (Lipinski definition) is 4. The van der Waals surface area contributed by atoms with Gasteiger partial charge in [0.05, 0.1) is 19.3 Å². The predicted molar refractivity (Wildman–Crippen MR) is 99.0 cm³/mol. The highest BCUT2D eigenvalue weighted by atomic mass is 32.1. The monoisotopic (exact) mass is 358 g/mol. The summed E-state index contributed by atoms with van der Waals surface area (Å²) in [7, 11) is 0. The van der Waals surface area contributed by atoms with Crippen LogP contribution in [-0.4, -0.2) is 42.5 Å². The molecule has 1 N–H and O–H groups in total. The number of hydrogen-bond donors (Lipinski definition) is 1. The number of carbonyl (C=O) groups excluding carboxylic acids is 2. The van der Waals surface area contributed by atoms with Crippen LogP contribution >= 0.6 is 11.3 Å². The van der Waals surface area contributed by atoms with Crippen LogP contribution in [0, 0.1) is 0 Å². The third-order valence-electron chi connectivity index (χ3n) is 4.22. The number of thiophene rings is 1. The maximum absolute atomic E-state index is 12.6. The van der Waals surface area contributed by atoms with Gasteiger partial charge in [-0.25, -0.2) is 0 Å². The van der Waals surface area contributed by atoms with Gasteiger partial charge >= 0.3 is 0 Å². The minimum absolute atomic E-state index is 0.00590. The lowest BCUT2D eigenvalue weighted by Crippen LogP contribution is -2.47. The van der Waals surface area contributed by atoms with E-state index in [2.05, 4.69) is 5.32 Å². The quantitative estimate of drug-likeness (QED) is 0.893. The molecule has 1 atom stereocenters. The van der Waals surface area contributed by atoms with E-state index < -0.39 is 0 Å². The maximum atomic E-state index is 12.6. The molecule has 2 aromatic rings. The lowest BCUT2D eigenvalue weighted by Gasteiger charge is -2.33. The van der Waals surface area contributed by atoms with Crippen molar-refractivity contribution in [3.8, 4) is 0 Å². The van der Waals surface area contributed by atoms with Crippen LogP contribution in [0.15, 0.2) is 41.8 Å². The van der Waals surface area contributed by atoms with E-state index >= 15 is 0 Å². The zero-order valence-corrected chi connectivity index (χ0v) is 15.1. The summed E-state index contributed by atoms with van der Waals surface area (Å²) in [5.74, 6) is -0.0133. The fourth-order valence-corrected chi connectivity index (χ4v) is 3.51. The smallest absolute Gasteiger partial charge is 0.254 e. The molecule has 1 saturated heterocycles. The molecule has 2 amide bonds. The van der Waals surface area contributed by atoms with Gasteiger partial charge in [-0.3, -0.25) is 9.59 Å². The van der Waals surface area contributed by atoms with Gasteiger partial charge in [0.1, 0.15) is 0 Å². The number of nitrogens with zero attached hydrogens (tertiary/aromatic N) is 1. The Kier molecular flexibility index (Phi) is 5.83. The van der Waals surface area contributed by atoms with Crippen LogP contribution in [0.25, 0.3) is 0 Å². The van der Waals surface area contributed by atoms with Crippen LogP contribution in [0.1, 0.15) is 28.6 Å². The van der Waals surface area contributed by atoms with Crippen molar-refractivity contribution in [3.63, 3.8) is 0 Å². The first kappa shape index (κ1) is 17.6. The van der Waals surface area contributed by atoms with E-state index in [-0.39, 0.29) is 17.9 Å². The number of rotatable bonds is 5. The third kappa shape index (κ3) is 4.67. The van der Waals surface area contributed by atoms with Crippen LogP contribution < -0.4 is 5.32 Å². The van der Waals surface area contributed by atoms with E-state index in [4.69, 9.17) is 4.74 Å². The molecule has 3 rings (SSSR count). The van der Waals surface area contributed by atoms with E-state index in [1.54, 1.807) is 35.6 Å². The zero-order chi connectivity index (χ0) is 17.6.